The normalized spacial score (nSPS) is 11.8. The number of nitrogens with zero attached hydrogens (tertiary/aromatic N) is 5. The largest absolute Gasteiger partial charge is 0.435 e. The van der Waals surface area contributed by atoms with Gasteiger partial charge in [-0.05, 0) is 6.07 Å². The van der Waals surface area contributed by atoms with Crippen molar-refractivity contribution in [3.05, 3.63) is 46.6 Å². The van der Waals surface area contributed by atoms with Crippen LogP contribution in [0.2, 0.25) is 0 Å². The summed E-state index contributed by atoms with van der Waals surface area (Å²) in [5, 5.41) is 7.01. The van der Waals surface area contributed by atoms with Crippen molar-refractivity contribution < 1.29 is 17.7 Å². The first-order valence-corrected chi connectivity index (χ1v) is 5.90. The predicted molar refractivity (Wildman–Crippen MR) is 64.5 cm³/mol. The molecule has 11 heteroatoms. The second-order valence-electron chi connectivity index (χ2n) is 4.20. The number of H-pyrrole nitrogens is 1. The average molecular weight is 312 g/mol. The number of hydrogen-bond acceptors (Lipinski definition) is 6. The Balaban J connectivity index is 1.78. The summed E-state index contributed by atoms with van der Waals surface area (Å²) in [5.41, 5.74) is -1.12. The molecule has 3 aromatic heterocycles. The van der Waals surface area contributed by atoms with Gasteiger partial charge >= 0.3 is 6.18 Å². The molecule has 0 aromatic carbocycles. The van der Waals surface area contributed by atoms with E-state index in [1.54, 1.807) is 0 Å². The molecule has 114 valence electrons. The summed E-state index contributed by atoms with van der Waals surface area (Å²) in [6, 6.07) is 0.848. The van der Waals surface area contributed by atoms with E-state index in [2.05, 4.69) is 25.2 Å². The molecule has 0 saturated carbocycles. The highest BCUT2D eigenvalue weighted by Crippen LogP contribution is 2.27. The molecule has 0 atom stereocenters. The predicted octanol–water partition coefficient (Wildman–Crippen LogP) is 1.08. The summed E-state index contributed by atoms with van der Waals surface area (Å²) < 4.78 is 43.2. The van der Waals surface area contributed by atoms with Crippen LogP contribution in [0.15, 0.2) is 34.0 Å². The van der Waals surface area contributed by atoms with E-state index in [0.717, 1.165) is 23.1 Å². The molecule has 1 N–H and O–H groups in total. The highest BCUT2D eigenvalue weighted by Gasteiger charge is 2.33. The van der Waals surface area contributed by atoms with Gasteiger partial charge < -0.3 is 9.51 Å². The maximum absolute atomic E-state index is 12.4. The van der Waals surface area contributed by atoms with E-state index in [4.69, 9.17) is 4.52 Å². The van der Waals surface area contributed by atoms with E-state index in [1.807, 2.05) is 0 Å². The zero-order chi connectivity index (χ0) is 15.7. The lowest BCUT2D eigenvalue weighted by Crippen LogP contribution is -2.08. The van der Waals surface area contributed by atoms with Gasteiger partial charge in [-0.2, -0.15) is 23.3 Å². The molecular weight excluding hydrogens is 305 g/mol. The molecule has 0 unspecified atom stereocenters. The summed E-state index contributed by atoms with van der Waals surface area (Å²) in [4.78, 5) is 21.1. The lowest BCUT2D eigenvalue weighted by molar-refractivity contribution is -0.141. The van der Waals surface area contributed by atoms with Crippen molar-refractivity contribution in [1.82, 2.24) is 29.9 Å². The van der Waals surface area contributed by atoms with E-state index < -0.39 is 11.9 Å². The van der Waals surface area contributed by atoms with Gasteiger partial charge in [0.05, 0.1) is 6.20 Å². The minimum absolute atomic E-state index is 0.0554. The van der Waals surface area contributed by atoms with E-state index in [1.165, 1.54) is 6.20 Å². The Morgan fingerprint density at radius 3 is 2.82 bits per heavy atom. The molecule has 0 aliphatic rings. The molecule has 0 saturated heterocycles. The third-order valence-electron chi connectivity index (χ3n) is 2.60. The molecule has 0 aliphatic heterocycles. The van der Waals surface area contributed by atoms with Crippen LogP contribution in [0.1, 0.15) is 11.6 Å². The number of aromatic nitrogens is 6. The number of halogens is 3. The van der Waals surface area contributed by atoms with E-state index in [0.29, 0.717) is 0 Å². The Hall–Kier alpha value is -2.98. The summed E-state index contributed by atoms with van der Waals surface area (Å²) in [7, 11) is 0. The monoisotopic (exact) mass is 312 g/mol. The fraction of sp³-hybridized carbons (Fsp3) is 0.182. The molecule has 0 amide bonds. The minimum atomic E-state index is -4.51. The number of nitrogens with one attached hydrogen (secondary N) is 1. The van der Waals surface area contributed by atoms with Gasteiger partial charge in [0, 0.05) is 12.4 Å². The van der Waals surface area contributed by atoms with Gasteiger partial charge in [0.2, 0.25) is 11.7 Å². The fourth-order valence-electron chi connectivity index (χ4n) is 1.63. The Morgan fingerprint density at radius 2 is 2.18 bits per heavy atom. The van der Waals surface area contributed by atoms with Crippen molar-refractivity contribution in [1.29, 1.82) is 0 Å². The SMILES string of the molecule is O=c1cnc(-c2noc(Cn3ccc(C(F)(F)F)n3)n2)c[nH]1. The van der Waals surface area contributed by atoms with Gasteiger partial charge in [-0.25, -0.2) is 4.98 Å². The van der Waals surface area contributed by atoms with Gasteiger partial charge in [-0.3, -0.25) is 9.48 Å². The quantitative estimate of drug-likeness (QED) is 0.776. The Labute approximate surface area is 119 Å². The molecule has 0 radical (unpaired) electrons. The van der Waals surface area contributed by atoms with E-state index in [9.17, 15) is 18.0 Å². The summed E-state index contributed by atoms with van der Waals surface area (Å²) in [5.74, 6) is 0.161. The highest BCUT2D eigenvalue weighted by molar-refractivity contribution is 5.45. The molecule has 3 heterocycles. The molecule has 0 fully saturated rings. The van der Waals surface area contributed by atoms with Crippen molar-refractivity contribution in [2.24, 2.45) is 0 Å². The molecule has 0 bridgehead atoms. The topological polar surface area (TPSA) is 102 Å². The molecule has 22 heavy (non-hydrogen) atoms. The van der Waals surface area contributed by atoms with Crippen LogP contribution in [0.4, 0.5) is 13.2 Å². The Morgan fingerprint density at radius 1 is 1.36 bits per heavy atom. The molecule has 0 spiro atoms. The number of rotatable bonds is 3. The van der Waals surface area contributed by atoms with Crippen molar-refractivity contribution in [2.45, 2.75) is 12.7 Å². The highest BCUT2D eigenvalue weighted by atomic mass is 19.4. The lowest BCUT2D eigenvalue weighted by atomic mass is 10.4. The van der Waals surface area contributed by atoms with Gasteiger partial charge in [-0.1, -0.05) is 5.16 Å². The fourth-order valence-corrected chi connectivity index (χ4v) is 1.63. The Bertz CT molecular complexity index is 829. The zero-order valence-corrected chi connectivity index (χ0v) is 10.7. The summed E-state index contributed by atoms with van der Waals surface area (Å²) >= 11 is 0. The van der Waals surface area contributed by atoms with Gasteiger partial charge in [0.15, 0.2) is 5.69 Å². The standard InChI is InChI=1S/C11H7F3N6O2/c12-11(13,14)7-1-2-20(18-7)5-9-17-10(19-22-9)6-3-16-8(21)4-15-6/h1-4H,5H2,(H,16,21). The van der Waals surface area contributed by atoms with Crippen molar-refractivity contribution >= 4 is 0 Å². The van der Waals surface area contributed by atoms with Crippen LogP contribution >= 0.6 is 0 Å². The van der Waals surface area contributed by atoms with Gasteiger partial charge in [-0.15, -0.1) is 0 Å². The average Bonchev–Trinajstić information content (AvgIpc) is 3.09. The van der Waals surface area contributed by atoms with Crippen LogP contribution in [-0.2, 0) is 12.7 Å². The summed E-state index contributed by atoms with van der Waals surface area (Å²) in [6.07, 6.45) is -1.00. The number of aromatic amines is 1. The first-order chi connectivity index (χ1) is 10.4. The Kier molecular flexibility index (Phi) is 3.23. The van der Waals surface area contributed by atoms with Crippen molar-refractivity contribution in [3.63, 3.8) is 0 Å². The number of hydrogen-bond donors (Lipinski definition) is 1. The van der Waals surface area contributed by atoms with Gasteiger partial charge in [0.25, 0.3) is 5.56 Å². The van der Waals surface area contributed by atoms with E-state index in [-0.39, 0.29) is 29.5 Å². The summed E-state index contributed by atoms with van der Waals surface area (Å²) in [6.45, 7) is -0.119. The van der Waals surface area contributed by atoms with Crippen molar-refractivity contribution in [3.8, 4) is 11.5 Å². The third kappa shape index (κ3) is 2.87. The van der Waals surface area contributed by atoms with Crippen molar-refractivity contribution in [2.75, 3.05) is 0 Å². The van der Waals surface area contributed by atoms with Gasteiger partial charge in [0.1, 0.15) is 12.2 Å². The molecule has 8 nitrogen and oxygen atoms in total. The maximum Gasteiger partial charge on any atom is 0.435 e. The smallest absolute Gasteiger partial charge is 0.337 e. The van der Waals surface area contributed by atoms with Crippen LogP contribution in [0.3, 0.4) is 0 Å². The third-order valence-corrected chi connectivity index (χ3v) is 2.60. The first kappa shape index (κ1) is 14.0. The minimum Gasteiger partial charge on any atom is -0.337 e. The number of alkyl halides is 3. The first-order valence-electron chi connectivity index (χ1n) is 5.90. The maximum atomic E-state index is 12.4. The van der Waals surface area contributed by atoms with Crippen LogP contribution in [0.25, 0.3) is 11.5 Å². The molecule has 3 aromatic rings. The van der Waals surface area contributed by atoms with Crippen LogP contribution in [0.5, 0.6) is 0 Å². The van der Waals surface area contributed by atoms with Crippen LogP contribution < -0.4 is 5.56 Å². The second kappa shape index (κ2) is 5.09. The van der Waals surface area contributed by atoms with Crippen LogP contribution in [-0.4, -0.2) is 29.9 Å². The molecule has 0 aliphatic carbocycles. The molecular formula is C11H7F3N6O2. The van der Waals surface area contributed by atoms with E-state index >= 15 is 0 Å². The lowest BCUT2D eigenvalue weighted by Gasteiger charge is -2.00. The molecule has 3 rings (SSSR count). The van der Waals surface area contributed by atoms with Crippen LogP contribution in [0, 0.1) is 0 Å². The zero-order valence-electron chi connectivity index (χ0n) is 10.7. The second-order valence-corrected chi connectivity index (χ2v) is 4.20.